The standard InChI is InChI=1S/C17H21N3O2/c1-12-2-4-14(5-3-12)15-10-16(22-19-15)17(21)20-8-6-13(11-18)7-9-20/h2-5,10,13H,6-9,11,18H2,1H3. The first kappa shape index (κ1) is 14.8. The van der Waals surface area contributed by atoms with Gasteiger partial charge in [-0.2, -0.15) is 0 Å². The highest BCUT2D eigenvalue weighted by molar-refractivity contribution is 5.92. The molecule has 0 spiro atoms. The van der Waals surface area contributed by atoms with Crippen molar-refractivity contribution in [1.29, 1.82) is 0 Å². The van der Waals surface area contributed by atoms with Gasteiger partial charge in [-0.15, -0.1) is 0 Å². The Hall–Kier alpha value is -2.14. The van der Waals surface area contributed by atoms with Crippen molar-refractivity contribution < 1.29 is 9.32 Å². The lowest BCUT2D eigenvalue weighted by molar-refractivity contribution is 0.0651. The molecule has 1 fully saturated rings. The summed E-state index contributed by atoms with van der Waals surface area (Å²) in [6, 6.07) is 9.72. The molecule has 2 N–H and O–H groups in total. The zero-order valence-corrected chi connectivity index (χ0v) is 12.8. The van der Waals surface area contributed by atoms with Crippen molar-refractivity contribution >= 4 is 5.91 Å². The Labute approximate surface area is 130 Å². The summed E-state index contributed by atoms with van der Waals surface area (Å²) in [4.78, 5) is 14.3. The van der Waals surface area contributed by atoms with E-state index in [4.69, 9.17) is 10.3 Å². The highest BCUT2D eigenvalue weighted by Crippen LogP contribution is 2.22. The van der Waals surface area contributed by atoms with Crippen molar-refractivity contribution in [3.05, 3.63) is 41.7 Å². The van der Waals surface area contributed by atoms with Gasteiger partial charge in [0, 0.05) is 24.7 Å². The second kappa shape index (κ2) is 6.32. The third-order valence-electron chi connectivity index (χ3n) is 4.30. The Morgan fingerprint density at radius 2 is 2.00 bits per heavy atom. The number of benzene rings is 1. The molecule has 1 aromatic carbocycles. The van der Waals surface area contributed by atoms with Gasteiger partial charge in [-0.3, -0.25) is 4.79 Å². The van der Waals surface area contributed by atoms with Crippen LogP contribution in [0.1, 0.15) is 29.0 Å². The predicted molar refractivity (Wildman–Crippen MR) is 84.4 cm³/mol. The fourth-order valence-corrected chi connectivity index (χ4v) is 2.76. The molecule has 0 saturated carbocycles. The molecule has 5 heteroatoms. The number of carbonyl (C=O) groups is 1. The molecule has 1 aromatic heterocycles. The summed E-state index contributed by atoms with van der Waals surface area (Å²) in [6.07, 6.45) is 1.92. The lowest BCUT2D eigenvalue weighted by Crippen LogP contribution is -2.39. The maximum absolute atomic E-state index is 12.5. The molecule has 0 bridgehead atoms. The van der Waals surface area contributed by atoms with Gasteiger partial charge < -0.3 is 15.2 Å². The van der Waals surface area contributed by atoms with E-state index in [1.54, 1.807) is 6.07 Å². The van der Waals surface area contributed by atoms with Gasteiger partial charge in [0.05, 0.1) is 0 Å². The maximum atomic E-state index is 12.5. The number of nitrogens with zero attached hydrogens (tertiary/aromatic N) is 2. The molecule has 22 heavy (non-hydrogen) atoms. The summed E-state index contributed by atoms with van der Waals surface area (Å²) in [5.41, 5.74) is 8.52. The van der Waals surface area contributed by atoms with Crippen LogP contribution in [-0.2, 0) is 0 Å². The highest BCUT2D eigenvalue weighted by atomic mass is 16.5. The monoisotopic (exact) mass is 299 g/mol. The van der Waals surface area contributed by atoms with Crippen LogP contribution in [0.15, 0.2) is 34.9 Å². The van der Waals surface area contributed by atoms with Crippen LogP contribution in [0.2, 0.25) is 0 Å². The lowest BCUT2D eigenvalue weighted by atomic mass is 9.97. The first-order valence-electron chi connectivity index (χ1n) is 7.70. The molecule has 0 atom stereocenters. The van der Waals surface area contributed by atoms with Crippen LogP contribution in [-0.4, -0.2) is 35.6 Å². The predicted octanol–water partition coefficient (Wildman–Crippen LogP) is 2.46. The van der Waals surface area contributed by atoms with E-state index in [2.05, 4.69) is 5.16 Å². The Bertz CT molecular complexity index is 640. The molecule has 0 aliphatic carbocycles. The fraction of sp³-hybridized carbons (Fsp3) is 0.412. The molecule has 3 rings (SSSR count). The first-order chi connectivity index (χ1) is 10.7. The average molecular weight is 299 g/mol. The summed E-state index contributed by atoms with van der Waals surface area (Å²) < 4.78 is 5.25. The van der Waals surface area contributed by atoms with Crippen molar-refractivity contribution in [2.75, 3.05) is 19.6 Å². The van der Waals surface area contributed by atoms with E-state index in [0.717, 1.165) is 31.5 Å². The fourth-order valence-electron chi connectivity index (χ4n) is 2.76. The van der Waals surface area contributed by atoms with E-state index >= 15 is 0 Å². The molecule has 116 valence electrons. The Morgan fingerprint density at radius 1 is 1.32 bits per heavy atom. The molecule has 0 unspecified atom stereocenters. The molecule has 1 saturated heterocycles. The van der Waals surface area contributed by atoms with Crippen LogP contribution >= 0.6 is 0 Å². The van der Waals surface area contributed by atoms with E-state index < -0.39 is 0 Å². The molecule has 1 aliphatic heterocycles. The third-order valence-corrected chi connectivity index (χ3v) is 4.30. The van der Waals surface area contributed by atoms with Gasteiger partial charge in [-0.25, -0.2) is 0 Å². The highest BCUT2D eigenvalue weighted by Gasteiger charge is 2.25. The topological polar surface area (TPSA) is 72.4 Å². The zero-order chi connectivity index (χ0) is 15.5. The molecule has 2 aromatic rings. The Balaban J connectivity index is 1.71. The summed E-state index contributed by atoms with van der Waals surface area (Å²) in [5, 5.41) is 4.02. The number of likely N-dealkylation sites (tertiary alicyclic amines) is 1. The van der Waals surface area contributed by atoms with Crippen LogP contribution < -0.4 is 5.73 Å². The lowest BCUT2D eigenvalue weighted by Gasteiger charge is -2.30. The second-order valence-corrected chi connectivity index (χ2v) is 5.91. The third kappa shape index (κ3) is 3.04. The maximum Gasteiger partial charge on any atom is 0.292 e. The van der Waals surface area contributed by atoms with Gasteiger partial charge in [-0.1, -0.05) is 35.0 Å². The average Bonchev–Trinajstić information content (AvgIpc) is 3.05. The Morgan fingerprint density at radius 3 is 2.64 bits per heavy atom. The summed E-state index contributed by atoms with van der Waals surface area (Å²) in [5.74, 6) is 0.755. The first-order valence-corrected chi connectivity index (χ1v) is 7.70. The number of carbonyl (C=O) groups excluding carboxylic acids is 1. The van der Waals surface area contributed by atoms with Gasteiger partial charge in [-0.05, 0) is 32.2 Å². The van der Waals surface area contributed by atoms with Crippen LogP contribution in [0.4, 0.5) is 0 Å². The minimum atomic E-state index is -0.0821. The van der Waals surface area contributed by atoms with Crippen molar-refractivity contribution in [2.45, 2.75) is 19.8 Å². The van der Waals surface area contributed by atoms with E-state index in [9.17, 15) is 4.79 Å². The van der Waals surface area contributed by atoms with Crippen molar-refractivity contribution in [3.8, 4) is 11.3 Å². The minimum absolute atomic E-state index is 0.0821. The Kier molecular flexibility index (Phi) is 4.24. The molecular weight excluding hydrogens is 278 g/mol. The molecule has 0 radical (unpaired) electrons. The van der Waals surface area contributed by atoms with Crippen LogP contribution in [0.3, 0.4) is 0 Å². The van der Waals surface area contributed by atoms with Gasteiger partial charge in [0.1, 0.15) is 5.69 Å². The largest absolute Gasteiger partial charge is 0.350 e. The number of hydrogen-bond acceptors (Lipinski definition) is 4. The van der Waals surface area contributed by atoms with E-state index in [-0.39, 0.29) is 5.91 Å². The van der Waals surface area contributed by atoms with Crippen molar-refractivity contribution in [3.63, 3.8) is 0 Å². The van der Waals surface area contributed by atoms with Gasteiger partial charge in [0.15, 0.2) is 0 Å². The second-order valence-electron chi connectivity index (χ2n) is 5.91. The van der Waals surface area contributed by atoms with E-state index in [0.29, 0.717) is 23.9 Å². The quantitative estimate of drug-likeness (QED) is 0.945. The van der Waals surface area contributed by atoms with E-state index in [1.165, 1.54) is 5.56 Å². The van der Waals surface area contributed by atoms with Crippen LogP contribution in [0.5, 0.6) is 0 Å². The zero-order valence-electron chi connectivity index (χ0n) is 12.8. The minimum Gasteiger partial charge on any atom is -0.350 e. The van der Waals surface area contributed by atoms with Crippen LogP contribution in [0.25, 0.3) is 11.3 Å². The summed E-state index contributed by atoms with van der Waals surface area (Å²) in [7, 11) is 0. The molecule has 1 aliphatic rings. The van der Waals surface area contributed by atoms with E-state index in [1.807, 2.05) is 36.1 Å². The molecule has 2 heterocycles. The van der Waals surface area contributed by atoms with Crippen molar-refractivity contribution in [1.82, 2.24) is 10.1 Å². The van der Waals surface area contributed by atoms with Crippen LogP contribution in [0, 0.1) is 12.8 Å². The SMILES string of the molecule is Cc1ccc(-c2cc(C(=O)N3CCC(CN)CC3)on2)cc1. The summed E-state index contributed by atoms with van der Waals surface area (Å²) >= 11 is 0. The smallest absolute Gasteiger partial charge is 0.292 e. The number of aryl methyl sites for hydroxylation is 1. The number of hydrogen-bond donors (Lipinski definition) is 1. The van der Waals surface area contributed by atoms with Gasteiger partial charge in [0.2, 0.25) is 5.76 Å². The molecule has 1 amide bonds. The molecular formula is C17H21N3O2. The number of piperidine rings is 1. The van der Waals surface area contributed by atoms with Gasteiger partial charge in [0.25, 0.3) is 5.91 Å². The summed E-state index contributed by atoms with van der Waals surface area (Å²) in [6.45, 7) is 4.21. The van der Waals surface area contributed by atoms with Gasteiger partial charge >= 0.3 is 0 Å². The molecule has 5 nitrogen and oxygen atoms in total. The number of rotatable bonds is 3. The number of nitrogens with two attached hydrogens (primary N) is 1. The number of amides is 1. The van der Waals surface area contributed by atoms with Crippen molar-refractivity contribution in [2.24, 2.45) is 11.7 Å². The number of aromatic nitrogens is 1. The normalized spacial score (nSPS) is 16.0.